The highest BCUT2D eigenvalue weighted by molar-refractivity contribution is 6.03. The number of rotatable bonds is 5. The van der Waals surface area contributed by atoms with Crippen molar-refractivity contribution in [1.82, 2.24) is 0 Å². The highest BCUT2D eigenvalue weighted by atomic mass is 19.1. The fourth-order valence-electron chi connectivity index (χ4n) is 2.08. The summed E-state index contributed by atoms with van der Waals surface area (Å²) < 4.78 is 24.0. The fraction of sp³-hybridized carbons (Fsp3) is 0.188. The molecule has 5 heteroatoms. The molecule has 0 radical (unpaired) electrons. The van der Waals surface area contributed by atoms with E-state index < -0.39 is 5.82 Å². The summed E-state index contributed by atoms with van der Waals surface area (Å²) in [6.07, 6.45) is -0.0968. The molecule has 2 aromatic rings. The normalized spacial score (nSPS) is 10.2. The first kappa shape index (κ1) is 14.8. The Morgan fingerprint density at radius 2 is 1.71 bits per heavy atom. The molecule has 0 aliphatic rings. The van der Waals surface area contributed by atoms with E-state index in [0.29, 0.717) is 11.3 Å². The van der Waals surface area contributed by atoms with Gasteiger partial charge in [0.05, 0.1) is 19.9 Å². The third-order valence-electron chi connectivity index (χ3n) is 3.20. The van der Waals surface area contributed by atoms with Crippen LogP contribution in [-0.4, -0.2) is 20.0 Å². The van der Waals surface area contributed by atoms with Crippen molar-refractivity contribution in [3.8, 4) is 11.5 Å². The van der Waals surface area contributed by atoms with Crippen LogP contribution in [0.15, 0.2) is 36.4 Å². The average Bonchev–Trinajstić information content (AvgIpc) is 2.49. The number of carbonyl (C=O) groups excluding carboxylic acids is 1. The summed E-state index contributed by atoms with van der Waals surface area (Å²) in [5.74, 6) is -0.278. The van der Waals surface area contributed by atoms with E-state index in [0.717, 1.165) is 0 Å². The first-order chi connectivity index (χ1) is 10.1. The quantitative estimate of drug-likeness (QED) is 0.679. The third kappa shape index (κ3) is 2.97. The molecule has 2 N–H and O–H groups in total. The standard InChI is InChI=1S/C16H16FNO3/c1-20-13-7-3-5-10(15(13)17)9-12(19)11-6-4-8-14(21-2)16(11)18/h3-8H,9,18H2,1-2H3. The van der Waals surface area contributed by atoms with Gasteiger partial charge in [-0.1, -0.05) is 18.2 Å². The van der Waals surface area contributed by atoms with E-state index in [-0.39, 0.29) is 29.2 Å². The van der Waals surface area contributed by atoms with E-state index in [1.54, 1.807) is 30.3 Å². The van der Waals surface area contributed by atoms with Crippen molar-refractivity contribution in [2.75, 3.05) is 20.0 Å². The Kier molecular flexibility index (Phi) is 4.42. The Hall–Kier alpha value is -2.56. The Labute approximate surface area is 122 Å². The van der Waals surface area contributed by atoms with Crippen LogP contribution in [0, 0.1) is 5.82 Å². The predicted molar refractivity (Wildman–Crippen MR) is 78.4 cm³/mol. The van der Waals surface area contributed by atoms with E-state index in [9.17, 15) is 9.18 Å². The molecule has 0 saturated carbocycles. The summed E-state index contributed by atoms with van der Waals surface area (Å²) in [5, 5.41) is 0. The number of para-hydroxylation sites is 1. The van der Waals surface area contributed by atoms with E-state index in [1.165, 1.54) is 20.3 Å². The number of hydrogen-bond donors (Lipinski definition) is 1. The minimum atomic E-state index is -0.533. The number of anilines is 1. The van der Waals surface area contributed by atoms with Gasteiger partial charge in [-0.25, -0.2) is 4.39 Å². The van der Waals surface area contributed by atoms with Gasteiger partial charge in [-0.05, 0) is 23.8 Å². The zero-order chi connectivity index (χ0) is 15.4. The van der Waals surface area contributed by atoms with Crippen LogP contribution in [0.3, 0.4) is 0 Å². The van der Waals surface area contributed by atoms with Gasteiger partial charge in [0.25, 0.3) is 0 Å². The van der Waals surface area contributed by atoms with Gasteiger partial charge >= 0.3 is 0 Å². The molecule has 110 valence electrons. The zero-order valence-corrected chi connectivity index (χ0v) is 11.9. The molecule has 2 aromatic carbocycles. The molecule has 0 amide bonds. The lowest BCUT2D eigenvalue weighted by molar-refractivity contribution is 0.0992. The van der Waals surface area contributed by atoms with Gasteiger partial charge in [0.2, 0.25) is 0 Å². The van der Waals surface area contributed by atoms with E-state index in [1.807, 2.05) is 0 Å². The molecule has 0 fully saturated rings. The fourth-order valence-corrected chi connectivity index (χ4v) is 2.08. The molecule has 0 heterocycles. The number of ketones is 1. The van der Waals surface area contributed by atoms with Crippen molar-refractivity contribution < 1.29 is 18.7 Å². The monoisotopic (exact) mass is 289 g/mol. The molecule has 4 nitrogen and oxygen atoms in total. The molecular formula is C16H16FNO3. The molecule has 0 spiro atoms. The lowest BCUT2D eigenvalue weighted by Gasteiger charge is -2.10. The summed E-state index contributed by atoms with van der Waals surface area (Å²) >= 11 is 0. The van der Waals surface area contributed by atoms with Gasteiger partial charge in [-0.3, -0.25) is 4.79 Å². The SMILES string of the molecule is COc1cccc(C(=O)Cc2cccc(OC)c2F)c1N. The van der Waals surface area contributed by atoms with Crippen LogP contribution in [0.2, 0.25) is 0 Å². The molecule has 0 aliphatic carbocycles. The smallest absolute Gasteiger partial charge is 0.169 e. The van der Waals surface area contributed by atoms with Gasteiger partial charge < -0.3 is 15.2 Å². The number of ether oxygens (including phenoxy) is 2. The van der Waals surface area contributed by atoms with Crippen LogP contribution in [-0.2, 0) is 6.42 Å². The van der Waals surface area contributed by atoms with Crippen molar-refractivity contribution in [2.45, 2.75) is 6.42 Å². The lowest BCUT2D eigenvalue weighted by atomic mass is 10.0. The van der Waals surface area contributed by atoms with Crippen LogP contribution in [0.4, 0.5) is 10.1 Å². The molecule has 0 aliphatic heterocycles. The Morgan fingerprint density at radius 3 is 2.38 bits per heavy atom. The largest absolute Gasteiger partial charge is 0.495 e. The van der Waals surface area contributed by atoms with E-state index in [2.05, 4.69) is 0 Å². The summed E-state index contributed by atoms with van der Waals surface area (Å²) in [6.45, 7) is 0. The van der Waals surface area contributed by atoms with Gasteiger partial charge in [-0.15, -0.1) is 0 Å². The first-order valence-electron chi connectivity index (χ1n) is 6.35. The summed E-state index contributed by atoms with van der Waals surface area (Å²) in [4.78, 5) is 12.3. The molecule has 21 heavy (non-hydrogen) atoms. The van der Waals surface area contributed by atoms with Crippen molar-refractivity contribution in [3.05, 3.63) is 53.3 Å². The second kappa shape index (κ2) is 6.26. The third-order valence-corrected chi connectivity index (χ3v) is 3.20. The number of Topliss-reactive ketones (excluding diaryl/α,β-unsaturated/α-hetero) is 1. The number of carbonyl (C=O) groups is 1. The summed E-state index contributed by atoms with van der Waals surface area (Å²) in [7, 11) is 2.85. The molecule has 2 rings (SSSR count). The molecular weight excluding hydrogens is 273 g/mol. The van der Waals surface area contributed by atoms with Crippen LogP contribution < -0.4 is 15.2 Å². The number of nitrogen functional groups attached to an aromatic ring is 1. The molecule has 0 unspecified atom stereocenters. The minimum absolute atomic E-state index is 0.0968. The topological polar surface area (TPSA) is 61.5 Å². The number of benzene rings is 2. The van der Waals surface area contributed by atoms with Gasteiger partial charge in [-0.2, -0.15) is 0 Å². The molecule has 0 atom stereocenters. The molecule has 0 saturated heterocycles. The maximum atomic E-state index is 14.1. The van der Waals surface area contributed by atoms with Crippen molar-refractivity contribution >= 4 is 11.5 Å². The van der Waals surface area contributed by atoms with Gasteiger partial charge in [0.15, 0.2) is 17.3 Å². The number of hydrogen-bond acceptors (Lipinski definition) is 4. The predicted octanol–water partition coefficient (Wildman–Crippen LogP) is 2.85. The van der Waals surface area contributed by atoms with Gasteiger partial charge in [0, 0.05) is 12.0 Å². The molecule has 0 aromatic heterocycles. The average molecular weight is 289 g/mol. The highest BCUT2D eigenvalue weighted by Crippen LogP contribution is 2.27. The summed E-state index contributed by atoms with van der Waals surface area (Å²) in [6, 6.07) is 9.62. The second-order valence-corrected chi connectivity index (χ2v) is 4.45. The maximum Gasteiger partial charge on any atom is 0.169 e. The van der Waals surface area contributed by atoms with Gasteiger partial charge in [0.1, 0.15) is 5.75 Å². The van der Waals surface area contributed by atoms with E-state index in [4.69, 9.17) is 15.2 Å². The maximum absolute atomic E-state index is 14.1. The number of halogens is 1. The molecule has 0 bridgehead atoms. The Balaban J connectivity index is 2.31. The first-order valence-corrected chi connectivity index (χ1v) is 6.35. The zero-order valence-electron chi connectivity index (χ0n) is 11.9. The Morgan fingerprint density at radius 1 is 1.10 bits per heavy atom. The van der Waals surface area contributed by atoms with Crippen LogP contribution in [0.5, 0.6) is 11.5 Å². The van der Waals surface area contributed by atoms with Crippen LogP contribution in [0.1, 0.15) is 15.9 Å². The van der Waals surface area contributed by atoms with Crippen LogP contribution in [0.25, 0.3) is 0 Å². The van der Waals surface area contributed by atoms with Crippen LogP contribution >= 0.6 is 0 Å². The second-order valence-electron chi connectivity index (χ2n) is 4.45. The van der Waals surface area contributed by atoms with Crippen molar-refractivity contribution in [1.29, 1.82) is 0 Å². The summed E-state index contributed by atoms with van der Waals surface area (Å²) in [5.41, 5.74) is 6.72. The van der Waals surface area contributed by atoms with Crippen molar-refractivity contribution in [2.24, 2.45) is 0 Å². The number of nitrogens with two attached hydrogens (primary N) is 1. The van der Waals surface area contributed by atoms with Crippen molar-refractivity contribution in [3.63, 3.8) is 0 Å². The number of methoxy groups -OCH3 is 2. The Bertz CT molecular complexity index is 671. The van der Waals surface area contributed by atoms with E-state index >= 15 is 0 Å². The minimum Gasteiger partial charge on any atom is -0.495 e. The highest BCUT2D eigenvalue weighted by Gasteiger charge is 2.17. The lowest BCUT2D eigenvalue weighted by Crippen LogP contribution is -2.09.